The van der Waals surface area contributed by atoms with E-state index in [-0.39, 0.29) is 6.10 Å². The van der Waals surface area contributed by atoms with Crippen molar-refractivity contribution in [2.24, 2.45) is 0 Å². The van der Waals surface area contributed by atoms with E-state index in [0.717, 1.165) is 12.2 Å². The quantitative estimate of drug-likeness (QED) is 0.522. The van der Waals surface area contributed by atoms with Gasteiger partial charge in [-0.1, -0.05) is 18.2 Å². The summed E-state index contributed by atoms with van der Waals surface area (Å²) in [6, 6.07) is 7.95. The van der Waals surface area contributed by atoms with Crippen molar-refractivity contribution in [3.63, 3.8) is 0 Å². The van der Waals surface area contributed by atoms with Crippen LogP contribution < -0.4 is 4.74 Å². The third-order valence-electron chi connectivity index (χ3n) is 1.67. The van der Waals surface area contributed by atoms with Crippen molar-refractivity contribution >= 4 is 0 Å². The first-order valence-corrected chi connectivity index (χ1v) is 3.36. The van der Waals surface area contributed by atoms with Gasteiger partial charge in [0.25, 0.3) is 0 Å². The van der Waals surface area contributed by atoms with E-state index in [4.69, 9.17) is 11.7 Å². The van der Waals surface area contributed by atoms with Crippen molar-refractivity contribution in [3.05, 3.63) is 36.8 Å². The average molecular weight is 132 g/mol. The molecule has 0 N–H and O–H groups in total. The van der Waals surface area contributed by atoms with Crippen LogP contribution in [0.1, 0.15) is 5.56 Å². The zero-order valence-corrected chi connectivity index (χ0v) is 5.58. The molecule has 1 aliphatic heterocycles. The molecule has 1 heterocycles. The van der Waals surface area contributed by atoms with Crippen molar-refractivity contribution in [1.82, 2.24) is 0 Å². The lowest BCUT2D eigenvalue weighted by atomic mass is 10.1. The summed E-state index contributed by atoms with van der Waals surface area (Å²) < 4.78 is 5.28. The number of fused-ring (bicyclic) bond motifs is 1. The molecule has 0 amide bonds. The molecule has 0 saturated carbocycles. The molecule has 2 rings (SSSR count). The molecule has 0 saturated heterocycles. The van der Waals surface area contributed by atoms with Gasteiger partial charge in [-0.05, 0) is 11.6 Å². The molecule has 0 bridgehead atoms. The van der Waals surface area contributed by atoms with E-state index in [1.54, 1.807) is 0 Å². The van der Waals surface area contributed by atoms with Gasteiger partial charge in [0.2, 0.25) is 0 Å². The maximum absolute atomic E-state index is 5.56. The largest absolute Gasteiger partial charge is 0.489 e. The van der Waals surface area contributed by atoms with E-state index < -0.39 is 0 Å². The van der Waals surface area contributed by atoms with Crippen LogP contribution in [0, 0.1) is 6.92 Å². The van der Waals surface area contributed by atoms with Gasteiger partial charge in [0.15, 0.2) is 0 Å². The fraction of sp³-hybridized carbons (Fsp3) is 0.222. The minimum atomic E-state index is -0.127. The van der Waals surface area contributed by atoms with Gasteiger partial charge >= 0.3 is 0 Å². The van der Waals surface area contributed by atoms with E-state index in [2.05, 4.69) is 0 Å². The summed E-state index contributed by atoms with van der Waals surface area (Å²) in [7, 11) is 0. The van der Waals surface area contributed by atoms with Crippen molar-refractivity contribution < 1.29 is 4.74 Å². The van der Waals surface area contributed by atoms with E-state index in [1.807, 2.05) is 24.3 Å². The molecule has 2 radical (unpaired) electrons. The smallest absolute Gasteiger partial charge is 0.123 e. The van der Waals surface area contributed by atoms with E-state index in [1.165, 1.54) is 5.56 Å². The predicted molar refractivity (Wildman–Crippen MR) is 38.9 cm³/mol. The predicted octanol–water partition coefficient (Wildman–Crippen LogP) is 1.70. The molecular weight excluding hydrogens is 124 g/mol. The number of rotatable bonds is 0. The SMILES string of the molecule is [CH]C1Cc2ccccc2O1. The molecule has 1 aliphatic rings. The average Bonchev–Trinajstić information content (AvgIpc) is 2.27. The Bertz CT molecular complexity index is 217. The summed E-state index contributed by atoms with van der Waals surface area (Å²) in [5, 5.41) is 0. The van der Waals surface area contributed by atoms with Crippen molar-refractivity contribution in [2.75, 3.05) is 0 Å². The molecule has 0 aliphatic carbocycles. The lowest BCUT2D eigenvalue weighted by molar-refractivity contribution is 0.281. The third-order valence-corrected chi connectivity index (χ3v) is 1.67. The fourth-order valence-corrected chi connectivity index (χ4v) is 1.21. The Morgan fingerprint density at radius 1 is 1.40 bits per heavy atom. The lowest BCUT2D eigenvalue weighted by Crippen LogP contribution is -2.05. The van der Waals surface area contributed by atoms with Crippen LogP contribution in [0.3, 0.4) is 0 Å². The third kappa shape index (κ3) is 0.783. The first kappa shape index (κ1) is 5.78. The summed E-state index contributed by atoms with van der Waals surface area (Å²) in [6.07, 6.45) is 0.716. The molecule has 1 nitrogen and oxygen atoms in total. The van der Waals surface area contributed by atoms with Crippen LogP contribution in [0.2, 0.25) is 0 Å². The van der Waals surface area contributed by atoms with Gasteiger partial charge in [-0.3, -0.25) is 0 Å². The Balaban J connectivity index is 2.42. The maximum Gasteiger partial charge on any atom is 0.123 e. The minimum absolute atomic E-state index is 0.127. The highest BCUT2D eigenvalue weighted by molar-refractivity contribution is 5.37. The van der Waals surface area contributed by atoms with Gasteiger partial charge in [-0.25, -0.2) is 0 Å². The highest BCUT2D eigenvalue weighted by Crippen LogP contribution is 2.27. The molecule has 1 heteroatoms. The summed E-state index contributed by atoms with van der Waals surface area (Å²) in [4.78, 5) is 0. The van der Waals surface area contributed by atoms with Crippen molar-refractivity contribution in [3.8, 4) is 5.75 Å². The zero-order valence-electron chi connectivity index (χ0n) is 5.58. The summed E-state index contributed by atoms with van der Waals surface area (Å²) in [5.74, 6) is 0.940. The molecule has 0 spiro atoms. The minimum Gasteiger partial charge on any atom is -0.489 e. The van der Waals surface area contributed by atoms with Crippen LogP contribution in [0.15, 0.2) is 24.3 Å². The van der Waals surface area contributed by atoms with Crippen LogP contribution in [-0.2, 0) is 6.42 Å². The molecule has 0 fully saturated rings. The molecule has 10 heavy (non-hydrogen) atoms. The number of hydrogen-bond donors (Lipinski definition) is 0. The Labute approximate surface area is 60.6 Å². The van der Waals surface area contributed by atoms with Gasteiger partial charge in [0, 0.05) is 13.3 Å². The second-order valence-corrected chi connectivity index (χ2v) is 2.47. The number of benzene rings is 1. The summed E-state index contributed by atoms with van der Waals surface area (Å²) in [5.41, 5.74) is 1.22. The number of ether oxygens (including phenoxy) is 1. The highest BCUT2D eigenvalue weighted by Gasteiger charge is 2.17. The molecule has 0 aromatic heterocycles. The van der Waals surface area contributed by atoms with Gasteiger partial charge < -0.3 is 4.74 Å². The van der Waals surface area contributed by atoms with Crippen LogP contribution in [0.4, 0.5) is 0 Å². The summed E-state index contributed by atoms with van der Waals surface area (Å²) >= 11 is 0. The molecule has 1 atom stereocenters. The van der Waals surface area contributed by atoms with E-state index in [0.29, 0.717) is 0 Å². The highest BCUT2D eigenvalue weighted by atomic mass is 16.5. The molecule has 1 unspecified atom stereocenters. The van der Waals surface area contributed by atoms with Gasteiger partial charge in [0.05, 0.1) is 0 Å². The zero-order chi connectivity index (χ0) is 6.97. The van der Waals surface area contributed by atoms with Crippen LogP contribution in [-0.4, -0.2) is 6.10 Å². The summed E-state index contributed by atoms with van der Waals surface area (Å²) in [6.45, 7) is 5.56. The van der Waals surface area contributed by atoms with Crippen LogP contribution >= 0.6 is 0 Å². The molecule has 50 valence electrons. The topological polar surface area (TPSA) is 9.23 Å². The normalized spacial score (nSPS) is 21.9. The Kier molecular flexibility index (Phi) is 1.16. The Hall–Kier alpha value is -0.980. The first-order chi connectivity index (χ1) is 4.86. The molecule has 1 aromatic carbocycles. The number of hydrogen-bond acceptors (Lipinski definition) is 1. The van der Waals surface area contributed by atoms with Gasteiger partial charge in [-0.15, -0.1) is 0 Å². The fourth-order valence-electron chi connectivity index (χ4n) is 1.21. The molecule has 1 aromatic rings. The molecular formula is C9H8O. The first-order valence-electron chi connectivity index (χ1n) is 3.36. The van der Waals surface area contributed by atoms with E-state index in [9.17, 15) is 0 Å². The second kappa shape index (κ2) is 2.01. The van der Waals surface area contributed by atoms with Crippen LogP contribution in [0.5, 0.6) is 5.75 Å². The van der Waals surface area contributed by atoms with Crippen molar-refractivity contribution in [2.45, 2.75) is 12.5 Å². The van der Waals surface area contributed by atoms with Crippen LogP contribution in [0.25, 0.3) is 0 Å². The Morgan fingerprint density at radius 3 is 3.00 bits per heavy atom. The van der Waals surface area contributed by atoms with Gasteiger partial charge in [0.1, 0.15) is 11.9 Å². The van der Waals surface area contributed by atoms with E-state index >= 15 is 0 Å². The lowest BCUT2D eigenvalue weighted by Gasteiger charge is -2.00. The van der Waals surface area contributed by atoms with Crippen molar-refractivity contribution in [1.29, 1.82) is 0 Å². The maximum atomic E-state index is 5.56. The van der Waals surface area contributed by atoms with Gasteiger partial charge in [-0.2, -0.15) is 0 Å². The monoisotopic (exact) mass is 132 g/mol. The second-order valence-electron chi connectivity index (χ2n) is 2.47. The Morgan fingerprint density at radius 2 is 2.20 bits per heavy atom. The number of para-hydroxylation sites is 1. The standard InChI is InChI=1S/C9H8O/c1-7-6-8-4-2-3-5-9(8)10-7/h1-5,7H,6H2.